The molecule has 0 aliphatic carbocycles. The second-order valence-electron chi connectivity index (χ2n) is 12.4. The number of hydrogen-bond acceptors (Lipinski definition) is 8. The SMILES string of the molecule is [B]C([B])([B])C1CN(c2nc(N3C=CC(OCC(C)(C)C(F)(F)F)N3)ccc2C(=O)NSc2cn(C)nc2C)C(C)(C)C1([B])[B]. The van der Waals surface area contributed by atoms with Crippen LogP contribution in [-0.4, -0.2) is 91.0 Å². The number of nitrogens with zero attached hydrogens (tertiary/aromatic N) is 5. The van der Waals surface area contributed by atoms with E-state index < -0.39 is 52.1 Å². The Labute approximate surface area is 267 Å². The summed E-state index contributed by atoms with van der Waals surface area (Å²) in [6.07, 6.45) is -0.405. The van der Waals surface area contributed by atoms with Crippen LogP contribution in [0.3, 0.4) is 0 Å². The first-order valence-electron chi connectivity index (χ1n) is 13.7. The molecule has 1 amide bonds. The summed E-state index contributed by atoms with van der Waals surface area (Å²) >= 11 is 1.10. The quantitative estimate of drug-likeness (QED) is 0.329. The summed E-state index contributed by atoms with van der Waals surface area (Å²) in [4.78, 5) is 20.9. The summed E-state index contributed by atoms with van der Waals surface area (Å²) in [5.74, 6) is -0.772. The Hall–Kier alpha value is -2.45. The lowest BCUT2D eigenvalue weighted by atomic mass is 9.28. The van der Waals surface area contributed by atoms with Crippen LogP contribution in [0.5, 0.6) is 0 Å². The molecule has 4 rings (SSSR count). The summed E-state index contributed by atoms with van der Waals surface area (Å²) in [5, 5.41) is 2.50. The van der Waals surface area contributed by atoms with Gasteiger partial charge in [0.2, 0.25) is 0 Å². The minimum absolute atomic E-state index is 0.0661. The number of ether oxygens (including phenoxy) is 1. The number of carbonyl (C=O) groups is 1. The zero-order valence-electron chi connectivity index (χ0n) is 25.4. The van der Waals surface area contributed by atoms with Crippen molar-refractivity contribution in [1.29, 1.82) is 0 Å². The standard InChI is InChI=1S/C26H31B5F3N7O2S/c1-14-16(11-39(6)36-14)44-38-21(42)15-7-8-18(41-10-9-19(37-41)43-13-22(2,3)26(32,33)34)35-20(15)40-12-17(25(29,30)31)24(27,28)23(40,4)5/h7-11,17,19,37H,12-13H2,1-6H3,(H,38,42). The zero-order chi connectivity index (χ0) is 33.0. The molecule has 2 aliphatic rings. The lowest BCUT2D eigenvalue weighted by Gasteiger charge is -2.47. The number of carbonyl (C=O) groups excluding carboxylic acids is 1. The lowest BCUT2D eigenvalue weighted by molar-refractivity contribution is -0.230. The molecule has 2 aromatic heterocycles. The maximum Gasteiger partial charge on any atom is 0.396 e. The molecule has 9 nitrogen and oxygen atoms in total. The van der Waals surface area contributed by atoms with Gasteiger partial charge in [0.15, 0.2) is 0 Å². The van der Waals surface area contributed by atoms with E-state index in [1.165, 1.54) is 5.01 Å². The fourth-order valence-electron chi connectivity index (χ4n) is 4.94. The third kappa shape index (κ3) is 6.58. The van der Waals surface area contributed by atoms with Crippen molar-refractivity contribution in [3.05, 3.63) is 41.9 Å². The molecule has 44 heavy (non-hydrogen) atoms. The number of amides is 1. The Bertz CT molecular complexity index is 1430. The summed E-state index contributed by atoms with van der Waals surface area (Å²) in [6.45, 7) is 6.97. The number of hydrogen-bond donors (Lipinski definition) is 2. The third-order valence-corrected chi connectivity index (χ3v) is 9.08. The number of aromatic nitrogens is 3. The number of rotatable bonds is 9. The molecule has 1 saturated heterocycles. The highest BCUT2D eigenvalue weighted by Crippen LogP contribution is 2.57. The van der Waals surface area contributed by atoms with Crippen molar-refractivity contribution in [3.63, 3.8) is 0 Å². The number of pyridine rings is 1. The van der Waals surface area contributed by atoms with Crippen molar-refractivity contribution in [3.8, 4) is 0 Å². The first-order chi connectivity index (χ1) is 20.1. The monoisotopic (exact) mass is 617 g/mol. The molecular formula is C26H31B5F3N7O2S. The second kappa shape index (κ2) is 11.7. The average molecular weight is 617 g/mol. The van der Waals surface area contributed by atoms with Crippen LogP contribution in [0.2, 0.25) is 10.3 Å². The minimum Gasteiger partial charge on any atom is -0.357 e. The summed E-state index contributed by atoms with van der Waals surface area (Å²) in [5.41, 5.74) is 0.761. The van der Waals surface area contributed by atoms with Gasteiger partial charge in [-0.1, -0.05) is 5.21 Å². The van der Waals surface area contributed by atoms with E-state index in [1.54, 1.807) is 61.1 Å². The molecule has 2 atom stereocenters. The van der Waals surface area contributed by atoms with Crippen LogP contribution in [0.1, 0.15) is 43.7 Å². The average Bonchev–Trinajstić information content (AvgIpc) is 3.54. The molecule has 0 bridgehead atoms. The lowest BCUT2D eigenvalue weighted by Crippen LogP contribution is -2.49. The third-order valence-electron chi connectivity index (χ3n) is 8.18. The molecule has 0 spiro atoms. The molecule has 2 N–H and O–H groups in total. The Balaban J connectivity index is 1.65. The fourth-order valence-corrected chi connectivity index (χ4v) is 5.64. The van der Waals surface area contributed by atoms with Gasteiger partial charge in [0.25, 0.3) is 5.91 Å². The maximum atomic E-state index is 13.6. The van der Waals surface area contributed by atoms with Gasteiger partial charge < -0.3 is 9.64 Å². The van der Waals surface area contributed by atoms with Gasteiger partial charge in [0, 0.05) is 31.5 Å². The molecule has 0 saturated carbocycles. The molecule has 0 aromatic carbocycles. The minimum atomic E-state index is -4.44. The van der Waals surface area contributed by atoms with E-state index in [4.69, 9.17) is 49.0 Å². The van der Waals surface area contributed by atoms with E-state index in [2.05, 4.69) is 15.2 Å². The van der Waals surface area contributed by atoms with Crippen LogP contribution in [0.25, 0.3) is 0 Å². The van der Waals surface area contributed by atoms with Crippen LogP contribution in [0.4, 0.5) is 24.8 Å². The predicted octanol–water partition coefficient (Wildman–Crippen LogP) is 2.58. The van der Waals surface area contributed by atoms with Gasteiger partial charge in [-0.05, 0) is 70.7 Å². The number of anilines is 2. The van der Waals surface area contributed by atoms with Crippen molar-refractivity contribution >= 4 is 68.7 Å². The number of nitrogens with one attached hydrogen (secondary N) is 2. The van der Waals surface area contributed by atoms with Gasteiger partial charge in [-0.15, -0.1) is 5.11 Å². The maximum absolute atomic E-state index is 13.6. The summed E-state index contributed by atoms with van der Waals surface area (Å²) in [6, 6.07) is 3.15. The highest BCUT2D eigenvalue weighted by atomic mass is 32.2. The molecule has 18 heteroatoms. The molecule has 224 valence electrons. The molecule has 2 aromatic rings. The summed E-state index contributed by atoms with van der Waals surface area (Å²) in [7, 11) is 33.2. The van der Waals surface area contributed by atoms with E-state index in [9.17, 15) is 18.0 Å². The van der Waals surface area contributed by atoms with Crippen LogP contribution < -0.4 is 20.1 Å². The van der Waals surface area contributed by atoms with Gasteiger partial charge in [-0.2, -0.15) is 23.7 Å². The van der Waals surface area contributed by atoms with Gasteiger partial charge in [0.1, 0.15) is 17.9 Å². The van der Waals surface area contributed by atoms with Crippen LogP contribution >= 0.6 is 11.9 Å². The number of alkyl halides is 3. The molecule has 2 unspecified atom stereocenters. The normalized spacial score (nSPS) is 21.7. The Morgan fingerprint density at radius 2 is 1.89 bits per heavy atom. The zero-order valence-corrected chi connectivity index (χ0v) is 26.3. The van der Waals surface area contributed by atoms with Crippen molar-refractivity contribution in [1.82, 2.24) is 24.9 Å². The van der Waals surface area contributed by atoms with E-state index in [0.717, 1.165) is 36.4 Å². The predicted molar refractivity (Wildman–Crippen MR) is 169 cm³/mol. The van der Waals surface area contributed by atoms with Crippen molar-refractivity contribution in [2.75, 3.05) is 23.1 Å². The highest BCUT2D eigenvalue weighted by molar-refractivity contribution is 7.98. The van der Waals surface area contributed by atoms with Crippen molar-refractivity contribution < 1.29 is 22.7 Å². The van der Waals surface area contributed by atoms with E-state index >= 15 is 0 Å². The van der Waals surface area contributed by atoms with Gasteiger partial charge in [-0.25, -0.2) is 4.98 Å². The Morgan fingerprint density at radius 1 is 1.23 bits per heavy atom. The van der Waals surface area contributed by atoms with Crippen molar-refractivity contribution in [2.45, 2.75) is 67.8 Å². The molecular weight excluding hydrogens is 585 g/mol. The first-order valence-corrected chi connectivity index (χ1v) is 14.5. The molecule has 2 aliphatic heterocycles. The van der Waals surface area contributed by atoms with Crippen LogP contribution in [0.15, 0.2) is 35.5 Å². The van der Waals surface area contributed by atoms with Crippen molar-refractivity contribution in [2.24, 2.45) is 18.4 Å². The topological polar surface area (TPSA) is 87.5 Å². The Morgan fingerprint density at radius 3 is 2.43 bits per heavy atom. The van der Waals surface area contributed by atoms with E-state index in [-0.39, 0.29) is 17.9 Å². The van der Waals surface area contributed by atoms with Crippen LogP contribution in [-0.2, 0) is 11.8 Å². The molecule has 10 radical (unpaired) electrons. The summed E-state index contributed by atoms with van der Waals surface area (Å²) < 4.78 is 49.9. The van der Waals surface area contributed by atoms with E-state index in [1.807, 2.05) is 6.92 Å². The second-order valence-corrected chi connectivity index (χ2v) is 13.3. The number of aryl methyl sites for hydroxylation is 2. The molecule has 1 fully saturated rings. The highest BCUT2D eigenvalue weighted by Gasteiger charge is 2.56. The largest absolute Gasteiger partial charge is 0.396 e. The van der Waals surface area contributed by atoms with Gasteiger partial charge in [0.05, 0.1) is 67.4 Å². The fraction of sp³-hybridized carbons (Fsp3) is 0.577. The first kappa shape index (κ1) is 34.4. The molecule has 4 heterocycles. The number of halogens is 3. The van der Waals surface area contributed by atoms with Crippen LogP contribution in [0, 0.1) is 18.3 Å². The number of hydrazine groups is 1. The smallest absolute Gasteiger partial charge is 0.357 e. The van der Waals surface area contributed by atoms with Gasteiger partial charge in [-0.3, -0.25) is 19.2 Å². The van der Waals surface area contributed by atoms with E-state index in [0.29, 0.717) is 5.82 Å². The van der Waals surface area contributed by atoms with Gasteiger partial charge >= 0.3 is 6.18 Å². The Kier molecular flexibility index (Phi) is 9.18.